The van der Waals surface area contributed by atoms with Gasteiger partial charge in [0.05, 0.1) is 34.2 Å². The van der Waals surface area contributed by atoms with Crippen LogP contribution in [0.2, 0.25) is 0 Å². The molecular weight excluding hydrogens is 728 g/mol. The maximum absolute atomic E-state index is 14.0. The van der Waals surface area contributed by atoms with Gasteiger partial charge in [0.2, 0.25) is 23.6 Å². The van der Waals surface area contributed by atoms with Gasteiger partial charge in [0.25, 0.3) is 0 Å². The molecule has 0 unspecified atom stereocenters. The number of nitrogens with zero attached hydrogens (tertiary/aromatic N) is 6. The van der Waals surface area contributed by atoms with E-state index in [1.807, 2.05) is 117 Å². The number of Topliss-reactive ketones (excluding diaryl/α,β-unsaturated/α-hetero) is 1. The predicted octanol–water partition coefficient (Wildman–Crippen LogP) is 9.71. The number of carbonyl (C=O) groups is 1. The largest absolute Gasteiger partial charge is 0.438 e. The van der Waals surface area contributed by atoms with E-state index in [1.165, 1.54) is 0 Å². The third kappa shape index (κ3) is 6.91. The third-order valence-electron chi connectivity index (χ3n) is 9.46. The van der Waals surface area contributed by atoms with E-state index in [0.717, 1.165) is 22.5 Å². The highest BCUT2D eigenvalue weighted by molar-refractivity contribution is 6.69. The van der Waals surface area contributed by atoms with Gasteiger partial charge in [0.15, 0.2) is 5.17 Å². The fourth-order valence-corrected chi connectivity index (χ4v) is 6.94. The summed E-state index contributed by atoms with van der Waals surface area (Å²) in [7, 11) is 0. The quantitative estimate of drug-likeness (QED) is 0.0602. The van der Waals surface area contributed by atoms with E-state index in [1.54, 1.807) is 52.7 Å². The standard InChI is InChI=1S/C44H35ClN6O5/c1-27-19-21-30(22-20-27)38-39(49-56-41(38)40(52)31-13-7-4-8-14-31)36-28(2)46-50(32-15-9-5-10-16-32)43(36)54-34-23-25-35(26-24-34)55-44-37(42(45)48-53)29(3)47-51(44)33-17-11-6-12-18-33/h4-26,38,41,53H,1-3H3/b48-42+/t38-,41-/m1/s1. The zero-order chi connectivity index (χ0) is 38.8. The summed E-state index contributed by atoms with van der Waals surface area (Å²) < 4.78 is 16.4. The predicted molar refractivity (Wildman–Crippen MR) is 213 cm³/mol. The van der Waals surface area contributed by atoms with Gasteiger partial charge in [-0.25, -0.2) is 0 Å². The number of para-hydroxylation sites is 2. The van der Waals surface area contributed by atoms with E-state index in [2.05, 4.69) is 15.4 Å². The van der Waals surface area contributed by atoms with Crippen LogP contribution in [0.25, 0.3) is 11.4 Å². The van der Waals surface area contributed by atoms with Crippen molar-refractivity contribution in [1.29, 1.82) is 0 Å². The maximum atomic E-state index is 14.0. The van der Waals surface area contributed by atoms with Crippen molar-refractivity contribution in [2.24, 2.45) is 10.3 Å². The monoisotopic (exact) mass is 762 g/mol. The zero-order valence-corrected chi connectivity index (χ0v) is 31.3. The second-order valence-electron chi connectivity index (χ2n) is 13.2. The van der Waals surface area contributed by atoms with Gasteiger partial charge in [-0.05, 0) is 74.9 Å². The number of rotatable bonds is 11. The maximum Gasteiger partial charge on any atom is 0.233 e. The molecule has 0 aliphatic carbocycles. The van der Waals surface area contributed by atoms with Gasteiger partial charge in [-0.2, -0.15) is 19.6 Å². The van der Waals surface area contributed by atoms with Crippen LogP contribution in [0.15, 0.2) is 150 Å². The number of aryl methyl sites for hydroxylation is 3. The van der Waals surface area contributed by atoms with Gasteiger partial charge in [-0.1, -0.05) is 118 Å². The van der Waals surface area contributed by atoms with Crippen molar-refractivity contribution in [3.63, 3.8) is 0 Å². The molecule has 278 valence electrons. The van der Waals surface area contributed by atoms with Crippen LogP contribution in [-0.2, 0) is 4.84 Å². The van der Waals surface area contributed by atoms with Gasteiger partial charge < -0.3 is 19.5 Å². The lowest BCUT2D eigenvalue weighted by atomic mass is 9.83. The highest BCUT2D eigenvalue weighted by Gasteiger charge is 2.44. The number of aromatic nitrogens is 4. The molecule has 0 saturated carbocycles. The molecule has 1 aliphatic rings. The molecule has 8 rings (SSSR count). The summed E-state index contributed by atoms with van der Waals surface area (Å²) in [6.45, 7) is 5.66. The number of ether oxygens (including phenoxy) is 2. The molecule has 12 heteroatoms. The van der Waals surface area contributed by atoms with Crippen LogP contribution in [-0.4, -0.2) is 47.5 Å². The lowest BCUT2D eigenvalue weighted by molar-refractivity contribution is 0.0516. The average molecular weight is 763 g/mol. The summed E-state index contributed by atoms with van der Waals surface area (Å²) >= 11 is 6.33. The highest BCUT2D eigenvalue weighted by Crippen LogP contribution is 2.41. The number of ketones is 1. The van der Waals surface area contributed by atoms with E-state index in [0.29, 0.717) is 51.2 Å². The molecule has 3 heterocycles. The summed E-state index contributed by atoms with van der Waals surface area (Å²) in [5.41, 5.74) is 6.60. The van der Waals surface area contributed by atoms with Crippen molar-refractivity contribution in [2.45, 2.75) is 32.8 Å². The second-order valence-corrected chi connectivity index (χ2v) is 13.6. The first kappa shape index (κ1) is 36.0. The molecule has 7 aromatic rings. The molecular formula is C44H35ClN6O5. The topological polar surface area (TPSA) is 125 Å². The summed E-state index contributed by atoms with van der Waals surface area (Å²) in [6, 6.07) is 43.2. The van der Waals surface area contributed by atoms with Crippen molar-refractivity contribution >= 4 is 28.3 Å². The third-order valence-corrected chi connectivity index (χ3v) is 9.72. The Morgan fingerprint density at radius 2 is 1.21 bits per heavy atom. The van der Waals surface area contributed by atoms with Crippen LogP contribution < -0.4 is 9.47 Å². The molecule has 0 radical (unpaired) electrons. The summed E-state index contributed by atoms with van der Waals surface area (Å²) in [5, 5.41) is 26.8. The highest BCUT2D eigenvalue weighted by atomic mass is 35.5. The molecule has 56 heavy (non-hydrogen) atoms. The van der Waals surface area contributed by atoms with Crippen LogP contribution in [0.4, 0.5) is 0 Å². The molecule has 2 atom stereocenters. The number of hydrogen-bond donors (Lipinski definition) is 1. The van der Waals surface area contributed by atoms with Gasteiger partial charge >= 0.3 is 0 Å². The molecule has 5 aromatic carbocycles. The van der Waals surface area contributed by atoms with Crippen LogP contribution in [0, 0.1) is 20.8 Å². The average Bonchev–Trinajstić information content (AvgIpc) is 3.91. The minimum atomic E-state index is -0.916. The number of halogens is 1. The van der Waals surface area contributed by atoms with Crippen molar-refractivity contribution < 1.29 is 24.3 Å². The zero-order valence-electron chi connectivity index (χ0n) is 30.6. The Kier molecular flexibility index (Phi) is 9.91. The Bertz CT molecular complexity index is 2570. The van der Waals surface area contributed by atoms with E-state index in [9.17, 15) is 10.0 Å². The van der Waals surface area contributed by atoms with Crippen molar-refractivity contribution in [1.82, 2.24) is 19.6 Å². The smallest absolute Gasteiger partial charge is 0.233 e. The number of oxime groups is 2. The Balaban J connectivity index is 1.18. The summed E-state index contributed by atoms with van der Waals surface area (Å²) in [6.07, 6.45) is -0.916. The van der Waals surface area contributed by atoms with Crippen LogP contribution in [0.5, 0.6) is 23.3 Å². The Morgan fingerprint density at radius 3 is 1.79 bits per heavy atom. The number of benzene rings is 5. The SMILES string of the molecule is Cc1ccc([C@@H]2C(c3c(C)nn(-c4ccccc4)c3Oc3ccc(Oc4c(/C(Cl)=N\O)c(C)nn4-c4ccccc4)cc3)=NO[C@H]2C(=O)c2ccccc2)cc1. The first-order valence-corrected chi connectivity index (χ1v) is 18.2. The number of hydrogen-bond acceptors (Lipinski definition) is 9. The molecule has 0 spiro atoms. The van der Waals surface area contributed by atoms with E-state index >= 15 is 0 Å². The molecule has 0 bridgehead atoms. The second kappa shape index (κ2) is 15.4. The fraction of sp³-hybridized carbons (Fsp3) is 0.114. The van der Waals surface area contributed by atoms with Crippen LogP contribution >= 0.6 is 11.6 Å². The molecule has 0 fully saturated rings. The first-order valence-electron chi connectivity index (χ1n) is 17.8. The Morgan fingerprint density at radius 1 is 0.696 bits per heavy atom. The van der Waals surface area contributed by atoms with E-state index < -0.39 is 12.0 Å². The molecule has 1 aliphatic heterocycles. The summed E-state index contributed by atoms with van der Waals surface area (Å²) in [4.78, 5) is 20.1. The number of carbonyl (C=O) groups excluding carboxylic acids is 1. The lowest BCUT2D eigenvalue weighted by Gasteiger charge is -2.19. The summed E-state index contributed by atoms with van der Waals surface area (Å²) in [5.74, 6) is 0.838. The molecule has 1 N–H and O–H groups in total. The first-order chi connectivity index (χ1) is 27.3. The van der Waals surface area contributed by atoms with Crippen molar-refractivity contribution in [2.75, 3.05) is 0 Å². The fourth-order valence-electron chi connectivity index (χ4n) is 6.72. The van der Waals surface area contributed by atoms with Crippen molar-refractivity contribution in [3.8, 4) is 34.6 Å². The Labute approximate surface area is 327 Å². The van der Waals surface area contributed by atoms with Crippen LogP contribution in [0.3, 0.4) is 0 Å². The molecule has 2 aromatic heterocycles. The van der Waals surface area contributed by atoms with Gasteiger partial charge in [0, 0.05) is 5.56 Å². The molecule has 0 amide bonds. The Hall–Kier alpha value is -6.98. The molecule has 0 saturated heterocycles. The van der Waals surface area contributed by atoms with Gasteiger partial charge in [-0.15, -0.1) is 0 Å². The lowest BCUT2D eigenvalue weighted by Crippen LogP contribution is -2.30. The molecule has 11 nitrogen and oxygen atoms in total. The van der Waals surface area contributed by atoms with Gasteiger partial charge in [0.1, 0.15) is 22.8 Å². The van der Waals surface area contributed by atoms with Crippen LogP contribution in [0.1, 0.15) is 49.9 Å². The van der Waals surface area contributed by atoms with E-state index in [-0.39, 0.29) is 16.8 Å². The minimum absolute atomic E-state index is 0.160. The van der Waals surface area contributed by atoms with E-state index in [4.69, 9.17) is 31.0 Å². The van der Waals surface area contributed by atoms with Gasteiger partial charge in [-0.3, -0.25) is 4.79 Å². The van der Waals surface area contributed by atoms with Crippen molar-refractivity contribution in [3.05, 3.63) is 179 Å². The normalized spacial score (nSPS) is 15.3. The minimum Gasteiger partial charge on any atom is -0.438 e.